The van der Waals surface area contributed by atoms with Crippen LogP contribution in [0.3, 0.4) is 0 Å². The Morgan fingerprint density at radius 3 is 2.50 bits per heavy atom. The van der Waals surface area contributed by atoms with Crippen molar-refractivity contribution in [1.82, 2.24) is 0 Å². The van der Waals surface area contributed by atoms with E-state index in [-0.39, 0.29) is 0 Å². The number of benzene rings is 1. The van der Waals surface area contributed by atoms with Crippen LogP contribution in [-0.4, -0.2) is 18.6 Å². The van der Waals surface area contributed by atoms with Crippen molar-refractivity contribution in [2.45, 2.75) is 22.2 Å². The number of halogens is 1. The second-order valence-electron chi connectivity index (χ2n) is 3.08. The van der Waals surface area contributed by atoms with Gasteiger partial charge < -0.3 is 0 Å². The summed E-state index contributed by atoms with van der Waals surface area (Å²) in [6.07, 6.45) is 1.26. The van der Waals surface area contributed by atoms with Gasteiger partial charge >= 0.3 is 85.7 Å². The molecule has 0 spiro atoms. The zero-order chi connectivity index (χ0) is 8.81. The summed E-state index contributed by atoms with van der Waals surface area (Å²) in [6, 6.07) is 10.6. The normalized spacial score (nSPS) is 12.8. The first-order chi connectivity index (χ1) is 5.83. The number of hydrogen-bond donors (Lipinski definition) is 0. The van der Waals surface area contributed by atoms with Gasteiger partial charge in [0.1, 0.15) is 0 Å². The molecule has 1 unspecified atom stereocenters. The quantitative estimate of drug-likeness (QED) is 0.747. The van der Waals surface area contributed by atoms with E-state index in [1.807, 2.05) is 0 Å². The second kappa shape index (κ2) is 5.87. The summed E-state index contributed by atoms with van der Waals surface area (Å²) in [7, 11) is 6.33. The fourth-order valence-corrected chi connectivity index (χ4v) is 8.55. The van der Waals surface area contributed by atoms with Gasteiger partial charge in [-0.25, -0.2) is 0 Å². The first-order valence-electron chi connectivity index (χ1n) is 4.51. The van der Waals surface area contributed by atoms with Crippen LogP contribution in [0.4, 0.5) is 0 Å². The van der Waals surface area contributed by atoms with Gasteiger partial charge in [0.25, 0.3) is 0 Å². The van der Waals surface area contributed by atoms with Crippen molar-refractivity contribution in [3.63, 3.8) is 0 Å². The van der Waals surface area contributed by atoms with E-state index in [2.05, 4.69) is 37.3 Å². The number of hydrogen-bond acceptors (Lipinski definition) is 0. The maximum absolute atomic E-state index is 6.33. The zero-order valence-corrected chi connectivity index (χ0v) is 11.5. The van der Waals surface area contributed by atoms with Gasteiger partial charge in [-0.3, -0.25) is 0 Å². The van der Waals surface area contributed by atoms with Crippen molar-refractivity contribution in [2.75, 3.05) is 0 Å². The molecule has 0 heterocycles. The fraction of sp³-hybridized carbons (Fsp3) is 0.400. The van der Waals surface area contributed by atoms with E-state index in [1.165, 1.54) is 20.9 Å². The molecule has 0 aliphatic carbocycles. The fourth-order valence-electron chi connectivity index (χ4n) is 1.29. The molecule has 0 aliphatic heterocycles. The molecule has 0 saturated heterocycles. The molecule has 0 nitrogen and oxygen atoms in total. The molecule has 0 radical (unpaired) electrons. The van der Waals surface area contributed by atoms with Crippen LogP contribution in [0.1, 0.15) is 18.9 Å². The first-order valence-corrected chi connectivity index (χ1v) is 13.3. The second-order valence-corrected chi connectivity index (χ2v) is 13.4. The molecule has 1 aromatic rings. The zero-order valence-electron chi connectivity index (χ0n) is 7.46. The monoisotopic (exact) mass is 290 g/mol. The van der Waals surface area contributed by atoms with E-state index < -0.39 is 18.6 Å². The minimum atomic E-state index is -1.60. The predicted octanol–water partition coefficient (Wildman–Crippen LogP) is 3.14. The maximum atomic E-state index is 6.33. The van der Waals surface area contributed by atoms with E-state index in [4.69, 9.17) is 8.92 Å². The van der Waals surface area contributed by atoms with Crippen molar-refractivity contribution in [2.24, 2.45) is 0 Å². The van der Waals surface area contributed by atoms with E-state index in [0.717, 1.165) is 0 Å². The van der Waals surface area contributed by atoms with Crippen molar-refractivity contribution in [3.8, 4) is 0 Å². The molecular weight excluding hydrogens is 274 g/mol. The molecule has 0 fully saturated rings. The molecule has 0 saturated carbocycles. The average Bonchev–Trinajstić information content (AvgIpc) is 2.06. The van der Waals surface area contributed by atoms with E-state index >= 15 is 0 Å². The van der Waals surface area contributed by atoms with Gasteiger partial charge in [0.2, 0.25) is 0 Å². The average molecular weight is 289 g/mol. The van der Waals surface area contributed by atoms with Crippen molar-refractivity contribution < 1.29 is 0 Å². The molecule has 2 heteroatoms. The van der Waals surface area contributed by atoms with Gasteiger partial charge in [-0.1, -0.05) is 0 Å². The van der Waals surface area contributed by atoms with Crippen LogP contribution in [0.5, 0.6) is 0 Å². The summed E-state index contributed by atoms with van der Waals surface area (Å²) in [5.41, 5.74) is 1.43. The van der Waals surface area contributed by atoms with Gasteiger partial charge in [0.05, 0.1) is 0 Å². The molecule has 1 aromatic carbocycles. The molecule has 1 rings (SSSR count). The van der Waals surface area contributed by atoms with Crippen LogP contribution < -0.4 is 0 Å². The number of rotatable bonds is 4. The molecule has 0 N–H and O–H groups in total. The summed E-state index contributed by atoms with van der Waals surface area (Å²) in [4.78, 5) is 0. The molecule has 66 valence electrons. The predicted molar refractivity (Wildman–Crippen MR) is 58.2 cm³/mol. The standard InChI is InChI=1S/C7H7.C3H7.ClH.Sn.H/c1-7-5-3-2-4-6-7;1-3-2;;;/h2-6H,1H2;1,3H2,2H3;1H;;/q;;;+1;/p-1. The summed E-state index contributed by atoms with van der Waals surface area (Å²) in [6.45, 7) is 2.22. The molecule has 1 atom stereocenters. The third-order valence-corrected chi connectivity index (χ3v) is 10.4. The summed E-state index contributed by atoms with van der Waals surface area (Å²) in [5, 5.41) is 0. The first kappa shape index (κ1) is 10.4. The third kappa shape index (κ3) is 3.81. The third-order valence-electron chi connectivity index (χ3n) is 1.90. The van der Waals surface area contributed by atoms with Gasteiger partial charge in [-0.05, 0) is 0 Å². The molecule has 0 amide bonds. The van der Waals surface area contributed by atoms with E-state index in [0.29, 0.717) is 0 Å². The van der Waals surface area contributed by atoms with Crippen molar-refractivity contribution in [3.05, 3.63) is 35.9 Å². The van der Waals surface area contributed by atoms with Crippen LogP contribution in [0.2, 0.25) is 4.44 Å². The van der Waals surface area contributed by atoms with Gasteiger partial charge in [-0.2, -0.15) is 0 Å². The molecule has 0 bridgehead atoms. The Labute approximate surface area is 85.4 Å². The molecule has 0 aliphatic rings. The van der Waals surface area contributed by atoms with Crippen LogP contribution in [0.15, 0.2) is 30.3 Å². The van der Waals surface area contributed by atoms with Gasteiger partial charge in [-0.15, -0.1) is 0 Å². The Morgan fingerprint density at radius 2 is 1.92 bits per heavy atom. The van der Waals surface area contributed by atoms with Crippen LogP contribution in [0, 0.1) is 0 Å². The van der Waals surface area contributed by atoms with Gasteiger partial charge in [0.15, 0.2) is 0 Å². The molecular formula is C10H15ClSn. The SMILES string of the molecule is CC[CH2][SnH]([Cl])[CH2]c1ccccc1. The minimum absolute atomic E-state index is 1.21. The van der Waals surface area contributed by atoms with Crippen LogP contribution in [-0.2, 0) is 4.44 Å². The molecule has 12 heavy (non-hydrogen) atoms. The summed E-state index contributed by atoms with van der Waals surface area (Å²) >= 11 is -1.60. The molecule has 0 aromatic heterocycles. The Hall–Kier alpha value is 0.309. The Bertz CT molecular complexity index is 210. The summed E-state index contributed by atoms with van der Waals surface area (Å²) in [5.74, 6) is 0. The van der Waals surface area contributed by atoms with Crippen molar-refractivity contribution >= 4 is 27.6 Å². The van der Waals surface area contributed by atoms with Crippen LogP contribution in [0.25, 0.3) is 0 Å². The Balaban J connectivity index is 2.41. The van der Waals surface area contributed by atoms with E-state index in [9.17, 15) is 0 Å². The topological polar surface area (TPSA) is 0 Å². The Morgan fingerprint density at radius 1 is 1.25 bits per heavy atom. The summed E-state index contributed by atoms with van der Waals surface area (Å²) < 4.78 is 2.52. The van der Waals surface area contributed by atoms with Gasteiger partial charge in [0, 0.05) is 0 Å². The Kier molecular flexibility index (Phi) is 5.08. The van der Waals surface area contributed by atoms with Crippen molar-refractivity contribution in [1.29, 1.82) is 0 Å². The van der Waals surface area contributed by atoms with Crippen LogP contribution >= 0.6 is 8.92 Å². The van der Waals surface area contributed by atoms with E-state index in [1.54, 1.807) is 0 Å².